The van der Waals surface area contributed by atoms with Gasteiger partial charge in [0.05, 0.1) is 6.04 Å². The van der Waals surface area contributed by atoms with E-state index in [0.717, 1.165) is 17.9 Å². The quantitative estimate of drug-likeness (QED) is 0.438. The molecule has 3 amide bonds. The van der Waals surface area contributed by atoms with Crippen molar-refractivity contribution in [1.82, 2.24) is 30.8 Å². The highest BCUT2D eigenvalue weighted by molar-refractivity contribution is 7.80. The molecule has 0 radical (unpaired) electrons. The Morgan fingerprint density at radius 2 is 2.06 bits per heavy atom. The highest BCUT2D eigenvalue weighted by atomic mass is 32.3. The van der Waals surface area contributed by atoms with Gasteiger partial charge in [0, 0.05) is 19.5 Å². The van der Waals surface area contributed by atoms with Crippen molar-refractivity contribution in [3.05, 3.63) is 24.2 Å². The molecule has 4 rings (SSSR count). The molecule has 15 heteroatoms. The predicted octanol–water partition coefficient (Wildman–Crippen LogP) is 1.26. The molecular weight excluding hydrogens is 472 g/mol. The molecular formula is C19H28N6O8S. The third-order valence-electron chi connectivity index (χ3n) is 5.93. The van der Waals surface area contributed by atoms with Gasteiger partial charge in [-0.2, -0.15) is 13.5 Å². The van der Waals surface area contributed by atoms with Gasteiger partial charge in [-0.25, -0.2) is 9.59 Å². The van der Waals surface area contributed by atoms with Crippen LogP contribution in [0.25, 0.3) is 0 Å². The van der Waals surface area contributed by atoms with Crippen molar-refractivity contribution in [2.24, 2.45) is 5.41 Å². The number of ether oxygens (including phenoxy) is 1. The number of alkyl carbamates (subject to hydrolysis) is 1. The Morgan fingerprint density at radius 3 is 2.68 bits per heavy atom. The van der Waals surface area contributed by atoms with Crippen LogP contribution in [0, 0.1) is 5.41 Å². The average molecular weight is 501 g/mol. The van der Waals surface area contributed by atoms with E-state index >= 15 is 0 Å². The van der Waals surface area contributed by atoms with E-state index in [0.29, 0.717) is 25.3 Å². The molecule has 3 N–H and O–H groups in total. The van der Waals surface area contributed by atoms with Crippen molar-refractivity contribution >= 4 is 22.5 Å². The van der Waals surface area contributed by atoms with Gasteiger partial charge in [-0.3, -0.25) is 9.87 Å². The smallest absolute Gasteiger partial charge is 0.418 e. The van der Waals surface area contributed by atoms with Crippen molar-refractivity contribution in [2.45, 2.75) is 64.1 Å². The van der Waals surface area contributed by atoms with Crippen molar-refractivity contribution in [1.29, 1.82) is 0 Å². The van der Waals surface area contributed by atoms with Gasteiger partial charge < -0.3 is 19.4 Å². The molecule has 188 valence electrons. The first kappa shape index (κ1) is 24.2. The van der Waals surface area contributed by atoms with Crippen LogP contribution in [0.3, 0.4) is 0 Å². The molecule has 1 saturated carbocycles. The zero-order valence-electron chi connectivity index (χ0n) is 19.1. The van der Waals surface area contributed by atoms with Crippen LogP contribution in [0.4, 0.5) is 9.59 Å². The average Bonchev–Trinajstić information content (AvgIpc) is 3.18. The fraction of sp³-hybridized carbons (Fsp3) is 0.684. The zero-order valence-corrected chi connectivity index (χ0v) is 19.9. The van der Waals surface area contributed by atoms with Gasteiger partial charge >= 0.3 is 22.5 Å². The number of nitrogens with one attached hydrogen (secondary N) is 2. The molecule has 2 bridgehead atoms. The van der Waals surface area contributed by atoms with E-state index < -0.39 is 40.2 Å². The molecule has 3 fully saturated rings. The van der Waals surface area contributed by atoms with Crippen LogP contribution in [-0.2, 0) is 25.8 Å². The van der Waals surface area contributed by atoms with Crippen molar-refractivity contribution < 1.29 is 36.0 Å². The van der Waals surface area contributed by atoms with E-state index in [4.69, 9.17) is 13.7 Å². The lowest BCUT2D eigenvalue weighted by molar-refractivity contribution is -0.0530. The Morgan fingerprint density at radius 1 is 1.35 bits per heavy atom. The summed E-state index contributed by atoms with van der Waals surface area (Å²) in [7, 11) is -4.83. The topological polar surface area (TPSA) is 176 Å². The van der Waals surface area contributed by atoms with Gasteiger partial charge in [-0.15, -0.1) is 14.5 Å². The summed E-state index contributed by atoms with van der Waals surface area (Å²) < 4.78 is 47.0. The minimum atomic E-state index is -4.83. The number of urea groups is 1. The molecule has 2 aliphatic heterocycles. The van der Waals surface area contributed by atoms with Crippen LogP contribution >= 0.6 is 0 Å². The van der Waals surface area contributed by atoms with E-state index in [-0.39, 0.29) is 23.7 Å². The Kier molecular flexibility index (Phi) is 5.98. The number of carbonyl (C=O) groups is 2. The minimum absolute atomic E-state index is 0.231. The van der Waals surface area contributed by atoms with Crippen LogP contribution in [0.2, 0.25) is 0 Å². The second-order valence-electron chi connectivity index (χ2n) is 9.68. The zero-order chi connectivity index (χ0) is 24.9. The summed E-state index contributed by atoms with van der Waals surface area (Å²) in [6.45, 7) is 9.54. The lowest BCUT2D eigenvalue weighted by Crippen LogP contribution is -2.43. The van der Waals surface area contributed by atoms with E-state index in [1.807, 2.05) is 0 Å². The summed E-state index contributed by atoms with van der Waals surface area (Å²) in [6, 6.07) is -1.69. The minimum Gasteiger partial charge on any atom is -0.444 e. The number of carbonyl (C=O) groups excluding carboxylic acids is 2. The lowest BCUT2D eigenvalue weighted by atomic mass is 9.85. The summed E-state index contributed by atoms with van der Waals surface area (Å²) in [5, 5.41) is 14.3. The summed E-state index contributed by atoms with van der Waals surface area (Å²) in [5.41, 5.74) is -0.950. The molecule has 14 nitrogen and oxygen atoms in total. The Hall–Kier alpha value is -2.91. The third-order valence-corrected chi connectivity index (χ3v) is 6.28. The first-order valence-corrected chi connectivity index (χ1v) is 12.1. The Bertz CT molecular complexity index is 1090. The molecule has 34 heavy (non-hydrogen) atoms. The summed E-state index contributed by atoms with van der Waals surface area (Å²) in [4.78, 5) is 26.0. The van der Waals surface area contributed by atoms with Crippen molar-refractivity contribution in [2.75, 3.05) is 13.1 Å². The normalized spacial score (nSPS) is 23.2. The van der Waals surface area contributed by atoms with E-state index in [1.54, 1.807) is 20.8 Å². The monoisotopic (exact) mass is 500 g/mol. The fourth-order valence-corrected chi connectivity index (χ4v) is 4.70. The van der Waals surface area contributed by atoms with Crippen LogP contribution < -0.4 is 10.6 Å². The van der Waals surface area contributed by atoms with Gasteiger partial charge in [-0.05, 0) is 45.4 Å². The van der Waals surface area contributed by atoms with Gasteiger partial charge in [0.2, 0.25) is 11.8 Å². The standard InChI is InChI=1S/C19H28N6O8S/c1-11(21-16(26)32-18(2,3)4)20-8-5-14-22-23-15(31-14)12-9-19(6-7-19)13-10-24(12)17(27)25(13)33-34(28,29)30/h12-13,20H,1,5-10H2,2-4H3,(H,21,26)(H,28,29,30)/t12-,13-/m0/s1. The number of fused-ring (bicyclic) bond motifs is 3. The second kappa shape index (κ2) is 8.39. The number of piperidine rings is 1. The SMILES string of the molecule is C=C(NCCc1nnc([C@@H]2CC3(CC3)[C@@H]3CN2C(=O)N3OS(=O)(=O)O)o1)NC(=O)OC(C)(C)C. The molecule has 3 aliphatic rings. The maximum Gasteiger partial charge on any atom is 0.418 e. The molecule has 1 aromatic heterocycles. The Labute approximate surface area is 196 Å². The van der Waals surface area contributed by atoms with E-state index in [2.05, 4.69) is 31.7 Å². The number of rotatable bonds is 8. The van der Waals surface area contributed by atoms with Crippen LogP contribution in [0.15, 0.2) is 16.8 Å². The van der Waals surface area contributed by atoms with Crippen LogP contribution in [-0.4, -0.2) is 70.0 Å². The van der Waals surface area contributed by atoms with Gasteiger partial charge in [0.25, 0.3) is 0 Å². The maximum absolute atomic E-state index is 12.8. The summed E-state index contributed by atoms with van der Waals surface area (Å²) in [6.07, 6.45) is 1.80. The van der Waals surface area contributed by atoms with Crippen LogP contribution in [0.1, 0.15) is 57.9 Å². The third kappa shape index (κ3) is 5.26. The molecule has 1 spiro atoms. The molecule has 0 aromatic carbocycles. The number of hydrogen-bond donors (Lipinski definition) is 3. The first-order valence-electron chi connectivity index (χ1n) is 10.8. The largest absolute Gasteiger partial charge is 0.444 e. The van der Waals surface area contributed by atoms with Crippen LogP contribution in [0.5, 0.6) is 0 Å². The molecule has 0 unspecified atom stereocenters. The number of aromatic nitrogens is 2. The molecule has 1 aromatic rings. The maximum atomic E-state index is 12.8. The lowest BCUT2D eigenvalue weighted by Gasteiger charge is -2.34. The first-order chi connectivity index (χ1) is 15.8. The number of hydrogen-bond acceptors (Lipinski definition) is 10. The van der Waals surface area contributed by atoms with Gasteiger partial charge in [0.15, 0.2) is 0 Å². The van der Waals surface area contributed by atoms with E-state index in [1.165, 1.54) is 4.90 Å². The van der Waals surface area contributed by atoms with Gasteiger partial charge in [-0.1, -0.05) is 6.58 Å². The summed E-state index contributed by atoms with van der Waals surface area (Å²) >= 11 is 0. The van der Waals surface area contributed by atoms with Crippen molar-refractivity contribution in [3.63, 3.8) is 0 Å². The molecule has 3 heterocycles. The molecule has 1 aliphatic carbocycles. The second-order valence-corrected chi connectivity index (χ2v) is 10.7. The molecule has 2 saturated heterocycles. The highest BCUT2D eigenvalue weighted by Gasteiger charge is 2.64. The Balaban J connectivity index is 1.34. The van der Waals surface area contributed by atoms with E-state index in [9.17, 15) is 18.0 Å². The van der Waals surface area contributed by atoms with Crippen molar-refractivity contribution in [3.8, 4) is 0 Å². The highest BCUT2D eigenvalue weighted by Crippen LogP contribution is 2.61. The number of hydroxylamine groups is 2. The fourth-order valence-electron chi connectivity index (χ4n) is 4.33. The van der Waals surface area contributed by atoms with Gasteiger partial charge in [0.1, 0.15) is 17.5 Å². The predicted molar refractivity (Wildman–Crippen MR) is 114 cm³/mol. The molecule has 2 atom stereocenters. The number of nitrogens with zero attached hydrogens (tertiary/aromatic N) is 4. The summed E-state index contributed by atoms with van der Waals surface area (Å²) in [5.74, 6) is 0.814. The number of amides is 3.